The minimum absolute atomic E-state index is 0.864. The normalized spacial score (nSPS) is 21.6. The number of hydrogen-bond donors (Lipinski definition) is 1. The van der Waals surface area contributed by atoms with Crippen molar-refractivity contribution in [2.75, 3.05) is 0 Å². The van der Waals surface area contributed by atoms with E-state index in [2.05, 4.69) is 37.3 Å². The number of benzene rings is 2. The fourth-order valence-corrected chi connectivity index (χ4v) is 2.57. The van der Waals surface area contributed by atoms with E-state index in [1.807, 2.05) is 31.2 Å². The molecule has 0 heterocycles. The lowest BCUT2D eigenvalue weighted by Crippen LogP contribution is -2.14. The third kappa shape index (κ3) is 1.68. The minimum atomic E-state index is -0.864. The van der Waals surface area contributed by atoms with Gasteiger partial charge in [0.15, 0.2) is 0 Å². The molecule has 2 aromatic rings. The molecule has 0 aromatic heterocycles. The zero-order valence-electron chi connectivity index (χ0n) is 10.6. The highest BCUT2D eigenvalue weighted by atomic mass is 16.3. The van der Waals surface area contributed by atoms with E-state index in [1.54, 1.807) is 0 Å². The first kappa shape index (κ1) is 11.2. The molecular weight excluding hydrogens is 220 g/mol. The van der Waals surface area contributed by atoms with Crippen molar-refractivity contribution in [1.29, 1.82) is 0 Å². The molecule has 1 heteroatoms. The van der Waals surface area contributed by atoms with Crippen molar-refractivity contribution in [1.82, 2.24) is 0 Å². The van der Waals surface area contributed by atoms with Crippen LogP contribution in [0.2, 0.25) is 0 Å². The molecule has 0 radical (unpaired) electrons. The maximum Gasteiger partial charge on any atom is 0.106 e. The number of hydrogen-bond acceptors (Lipinski definition) is 1. The Labute approximate surface area is 107 Å². The summed E-state index contributed by atoms with van der Waals surface area (Å²) in [5.41, 5.74) is 4.78. The molecule has 0 saturated heterocycles. The molecule has 0 spiro atoms. The molecule has 1 N–H and O–H groups in total. The summed E-state index contributed by atoms with van der Waals surface area (Å²) in [7, 11) is 0. The highest BCUT2D eigenvalue weighted by Gasteiger charge is 2.31. The predicted molar refractivity (Wildman–Crippen MR) is 74.3 cm³/mol. The van der Waals surface area contributed by atoms with Crippen molar-refractivity contribution in [3.05, 3.63) is 76.9 Å². The van der Waals surface area contributed by atoms with E-state index in [1.165, 1.54) is 5.56 Å². The van der Waals surface area contributed by atoms with Crippen LogP contribution < -0.4 is 0 Å². The molecule has 1 aliphatic rings. The molecule has 1 aliphatic carbocycles. The SMILES string of the molecule is Cc1ccc(C2=CC(C)(O)c3ccccc32)cc1. The second kappa shape index (κ2) is 3.82. The minimum Gasteiger partial charge on any atom is -0.381 e. The number of aryl methyl sites for hydroxylation is 1. The van der Waals surface area contributed by atoms with Gasteiger partial charge in [0.05, 0.1) is 0 Å². The predicted octanol–water partition coefficient (Wildman–Crippen LogP) is 3.65. The van der Waals surface area contributed by atoms with Gasteiger partial charge in [-0.25, -0.2) is 0 Å². The summed E-state index contributed by atoms with van der Waals surface area (Å²) in [5.74, 6) is 0. The number of fused-ring (bicyclic) bond motifs is 1. The van der Waals surface area contributed by atoms with Crippen molar-refractivity contribution < 1.29 is 5.11 Å². The molecule has 0 fully saturated rings. The Morgan fingerprint density at radius 2 is 1.61 bits per heavy atom. The van der Waals surface area contributed by atoms with Gasteiger partial charge >= 0.3 is 0 Å². The van der Waals surface area contributed by atoms with E-state index in [-0.39, 0.29) is 0 Å². The van der Waals surface area contributed by atoms with Crippen molar-refractivity contribution in [2.45, 2.75) is 19.4 Å². The molecule has 90 valence electrons. The zero-order chi connectivity index (χ0) is 12.8. The standard InChI is InChI=1S/C17H16O/c1-12-7-9-13(10-8-12)15-11-17(2,18)16-6-4-3-5-14(15)16/h3-11,18H,1-2H3. The topological polar surface area (TPSA) is 20.2 Å². The molecule has 3 rings (SSSR count). The van der Waals surface area contributed by atoms with Gasteiger partial charge in [0.25, 0.3) is 0 Å². The fourth-order valence-electron chi connectivity index (χ4n) is 2.57. The Bertz CT molecular complexity index is 618. The molecule has 2 aromatic carbocycles. The van der Waals surface area contributed by atoms with Crippen LogP contribution in [0.3, 0.4) is 0 Å². The van der Waals surface area contributed by atoms with Crippen LogP contribution in [-0.4, -0.2) is 5.11 Å². The molecule has 0 aliphatic heterocycles. The molecule has 1 atom stereocenters. The smallest absolute Gasteiger partial charge is 0.106 e. The van der Waals surface area contributed by atoms with E-state index in [0.717, 1.165) is 22.3 Å². The average molecular weight is 236 g/mol. The van der Waals surface area contributed by atoms with Crippen molar-refractivity contribution in [3.63, 3.8) is 0 Å². The van der Waals surface area contributed by atoms with Crippen LogP contribution in [0.1, 0.15) is 29.2 Å². The first-order chi connectivity index (χ1) is 8.58. The van der Waals surface area contributed by atoms with E-state index in [0.29, 0.717) is 0 Å². The summed E-state index contributed by atoms with van der Waals surface area (Å²) in [6.45, 7) is 3.92. The molecule has 0 amide bonds. The summed E-state index contributed by atoms with van der Waals surface area (Å²) in [5, 5.41) is 10.5. The van der Waals surface area contributed by atoms with Crippen LogP contribution in [-0.2, 0) is 5.60 Å². The summed E-state index contributed by atoms with van der Waals surface area (Å²) < 4.78 is 0. The van der Waals surface area contributed by atoms with Gasteiger partial charge in [-0.15, -0.1) is 0 Å². The Kier molecular flexibility index (Phi) is 2.39. The van der Waals surface area contributed by atoms with E-state index in [9.17, 15) is 5.11 Å². The van der Waals surface area contributed by atoms with E-state index < -0.39 is 5.60 Å². The van der Waals surface area contributed by atoms with Crippen molar-refractivity contribution in [2.24, 2.45) is 0 Å². The number of rotatable bonds is 1. The van der Waals surface area contributed by atoms with Crippen molar-refractivity contribution in [3.8, 4) is 0 Å². The second-order valence-corrected chi connectivity index (χ2v) is 5.12. The van der Waals surface area contributed by atoms with Crippen LogP contribution in [0.5, 0.6) is 0 Å². The first-order valence-electron chi connectivity index (χ1n) is 6.20. The lowest BCUT2D eigenvalue weighted by Gasteiger charge is -2.15. The Morgan fingerprint density at radius 3 is 2.33 bits per heavy atom. The Morgan fingerprint density at radius 1 is 0.944 bits per heavy atom. The summed E-state index contributed by atoms with van der Waals surface area (Å²) >= 11 is 0. The van der Waals surface area contributed by atoms with E-state index in [4.69, 9.17) is 0 Å². The maximum absolute atomic E-state index is 10.5. The van der Waals surface area contributed by atoms with Gasteiger partial charge in [0.1, 0.15) is 5.60 Å². The molecule has 18 heavy (non-hydrogen) atoms. The third-order valence-corrected chi connectivity index (χ3v) is 3.55. The first-order valence-corrected chi connectivity index (χ1v) is 6.20. The summed E-state index contributed by atoms with van der Waals surface area (Å²) in [4.78, 5) is 0. The fraction of sp³-hybridized carbons (Fsp3) is 0.176. The van der Waals surface area contributed by atoms with Crippen LogP contribution in [0.15, 0.2) is 54.6 Å². The molecule has 0 bridgehead atoms. The summed E-state index contributed by atoms with van der Waals surface area (Å²) in [6, 6.07) is 16.5. The molecule has 1 unspecified atom stereocenters. The lowest BCUT2D eigenvalue weighted by molar-refractivity contribution is 0.115. The van der Waals surface area contributed by atoms with Crippen LogP contribution in [0.4, 0.5) is 0 Å². The van der Waals surface area contributed by atoms with Gasteiger partial charge in [0.2, 0.25) is 0 Å². The second-order valence-electron chi connectivity index (χ2n) is 5.12. The lowest BCUT2D eigenvalue weighted by atomic mass is 9.96. The van der Waals surface area contributed by atoms with Crippen molar-refractivity contribution >= 4 is 5.57 Å². The Balaban J connectivity index is 2.17. The Hall–Kier alpha value is -1.86. The highest BCUT2D eigenvalue weighted by molar-refractivity contribution is 5.86. The zero-order valence-corrected chi connectivity index (χ0v) is 10.6. The van der Waals surface area contributed by atoms with Gasteiger partial charge in [-0.2, -0.15) is 0 Å². The van der Waals surface area contributed by atoms with Crippen LogP contribution in [0.25, 0.3) is 5.57 Å². The largest absolute Gasteiger partial charge is 0.381 e. The molecule has 1 nitrogen and oxygen atoms in total. The van der Waals surface area contributed by atoms with Gasteiger partial charge in [-0.3, -0.25) is 0 Å². The monoisotopic (exact) mass is 236 g/mol. The molecular formula is C17H16O. The van der Waals surface area contributed by atoms with Gasteiger partial charge < -0.3 is 5.11 Å². The maximum atomic E-state index is 10.5. The average Bonchev–Trinajstić information content (AvgIpc) is 2.63. The van der Waals surface area contributed by atoms with Crippen LogP contribution in [0, 0.1) is 6.92 Å². The highest BCUT2D eigenvalue weighted by Crippen LogP contribution is 2.41. The van der Waals surface area contributed by atoms with Crippen LogP contribution >= 0.6 is 0 Å². The summed E-state index contributed by atoms with van der Waals surface area (Å²) in [6.07, 6.45) is 1.95. The third-order valence-electron chi connectivity index (χ3n) is 3.55. The van der Waals surface area contributed by atoms with Gasteiger partial charge in [0, 0.05) is 0 Å². The number of aliphatic hydroxyl groups is 1. The van der Waals surface area contributed by atoms with E-state index >= 15 is 0 Å². The van der Waals surface area contributed by atoms with Gasteiger partial charge in [-0.05, 0) is 42.2 Å². The molecule has 0 saturated carbocycles. The van der Waals surface area contributed by atoms with Gasteiger partial charge in [-0.1, -0.05) is 54.1 Å². The quantitative estimate of drug-likeness (QED) is 0.801.